The molecule has 11 heteroatoms. The molecule has 0 aliphatic rings. The van der Waals surface area contributed by atoms with Gasteiger partial charge in [-0.1, -0.05) is 76.4 Å². The summed E-state index contributed by atoms with van der Waals surface area (Å²) in [5.41, 5.74) is 1.87. The van der Waals surface area contributed by atoms with E-state index in [1.807, 2.05) is 69.9 Å². The van der Waals surface area contributed by atoms with Gasteiger partial charge in [-0.2, -0.15) is 0 Å². The number of nitrogens with one attached hydrogen (secondary N) is 2. The lowest BCUT2D eigenvalue weighted by molar-refractivity contribution is -0.153. The second kappa shape index (κ2) is 17.0. The van der Waals surface area contributed by atoms with Crippen molar-refractivity contribution in [2.75, 3.05) is 35.3 Å². The van der Waals surface area contributed by atoms with Crippen LogP contribution in [0.5, 0.6) is 0 Å². The van der Waals surface area contributed by atoms with E-state index < -0.39 is 18.5 Å². The summed E-state index contributed by atoms with van der Waals surface area (Å²) in [6.07, 6.45) is 0.527. The van der Waals surface area contributed by atoms with Crippen molar-refractivity contribution in [2.45, 2.75) is 60.0 Å². The summed E-state index contributed by atoms with van der Waals surface area (Å²) in [5, 5.41) is 16.0. The van der Waals surface area contributed by atoms with Crippen LogP contribution in [0.25, 0.3) is 5.76 Å². The first-order chi connectivity index (χ1) is 22.0. The molecule has 3 rings (SSSR count). The average molecular weight is 631 g/mol. The van der Waals surface area contributed by atoms with E-state index in [4.69, 9.17) is 9.47 Å². The van der Waals surface area contributed by atoms with Gasteiger partial charge >= 0.3 is 5.97 Å². The summed E-state index contributed by atoms with van der Waals surface area (Å²) in [6.45, 7) is 19.2. The smallest absolute Gasteiger partial charge is 0.337 e. The first kappa shape index (κ1) is 35.6. The Labute approximate surface area is 272 Å². The molecule has 1 aromatic heterocycles. The Morgan fingerprint density at radius 1 is 1.02 bits per heavy atom. The summed E-state index contributed by atoms with van der Waals surface area (Å²) in [4.78, 5) is 37.8. The van der Waals surface area contributed by atoms with E-state index in [-0.39, 0.29) is 23.8 Å². The fourth-order valence-corrected chi connectivity index (χ4v) is 4.77. The summed E-state index contributed by atoms with van der Waals surface area (Å²) in [6, 6.07) is 15.9. The van der Waals surface area contributed by atoms with E-state index in [1.165, 1.54) is 17.3 Å². The third-order valence-electron chi connectivity index (χ3n) is 7.33. The van der Waals surface area contributed by atoms with Gasteiger partial charge in [0.1, 0.15) is 23.7 Å². The maximum absolute atomic E-state index is 13.6. The predicted molar refractivity (Wildman–Crippen MR) is 182 cm³/mol. The highest BCUT2D eigenvalue weighted by molar-refractivity contribution is 6.01. The van der Waals surface area contributed by atoms with E-state index in [9.17, 15) is 14.7 Å². The highest BCUT2D eigenvalue weighted by Crippen LogP contribution is 2.30. The van der Waals surface area contributed by atoms with Gasteiger partial charge in [-0.05, 0) is 38.3 Å². The fourth-order valence-electron chi connectivity index (χ4n) is 4.77. The van der Waals surface area contributed by atoms with E-state index in [0.717, 1.165) is 17.5 Å². The Morgan fingerprint density at radius 3 is 2.33 bits per heavy atom. The van der Waals surface area contributed by atoms with Gasteiger partial charge < -0.3 is 30.1 Å². The van der Waals surface area contributed by atoms with Crippen molar-refractivity contribution >= 4 is 35.0 Å². The molecule has 0 saturated heterocycles. The number of carbonyl (C=O) groups is 2. The van der Waals surface area contributed by atoms with Gasteiger partial charge in [-0.25, -0.2) is 14.8 Å². The molecule has 0 fully saturated rings. The Hall–Kier alpha value is -4.90. The van der Waals surface area contributed by atoms with Crippen LogP contribution in [-0.2, 0) is 14.3 Å². The van der Waals surface area contributed by atoms with Crippen LogP contribution < -0.4 is 20.4 Å². The standard InChI is InChI=1S/C35H46N6O5/c1-9-20-41(33-24(5)32(37-22-38-33)39-26(7)36-10-2)35(45-25(6)27-16-12-11-13-17-27)46-30(23(3)4)21-31(42)40(8)29-19-15-14-18-28(29)34(43)44/h11-19,22-23,30,35-36H,6-7,9-10,20-21H2,1-5,8H3,(H,43,44)(H,37,38,39). The van der Waals surface area contributed by atoms with E-state index in [0.29, 0.717) is 42.0 Å². The number of ether oxygens (including phenoxy) is 2. The Kier molecular flexibility index (Phi) is 13.1. The fraction of sp³-hybridized carbons (Fsp3) is 0.371. The summed E-state index contributed by atoms with van der Waals surface area (Å²) < 4.78 is 13.2. The number of carboxylic acid groups (broad SMARTS) is 1. The van der Waals surface area contributed by atoms with Crippen LogP contribution in [0.2, 0.25) is 0 Å². The molecule has 2 unspecified atom stereocenters. The third-order valence-corrected chi connectivity index (χ3v) is 7.33. The number of rotatable bonds is 18. The Morgan fingerprint density at radius 2 is 1.70 bits per heavy atom. The van der Waals surface area contributed by atoms with Crippen LogP contribution in [-0.4, -0.2) is 59.6 Å². The number of carboxylic acids is 1. The monoisotopic (exact) mass is 630 g/mol. The number of aromatic carboxylic acids is 1. The third kappa shape index (κ3) is 9.31. The lowest BCUT2D eigenvalue weighted by Gasteiger charge is -2.37. The molecular formula is C35H46N6O5. The van der Waals surface area contributed by atoms with Crippen molar-refractivity contribution in [3.63, 3.8) is 0 Å². The van der Waals surface area contributed by atoms with Crippen molar-refractivity contribution in [3.05, 3.63) is 96.6 Å². The van der Waals surface area contributed by atoms with Gasteiger partial charge in [0, 0.05) is 31.3 Å². The van der Waals surface area contributed by atoms with Gasteiger partial charge in [0.15, 0.2) is 0 Å². The van der Waals surface area contributed by atoms with Gasteiger partial charge in [-0.15, -0.1) is 0 Å². The zero-order valence-corrected chi connectivity index (χ0v) is 27.6. The molecule has 0 bridgehead atoms. The molecule has 0 radical (unpaired) electrons. The first-order valence-electron chi connectivity index (χ1n) is 15.4. The molecule has 0 aliphatic carbocycles. The lowest BCUT2D eigenvalue weighted by Crippen LogP contribution is -2.45. The van der Waals surface area contributed by atoms with Gasteiger partial charge in [0.05, 0.1) is 29.6 Å². The number of para-hydroxylation sites is 1. The van der Waals surface area contributed by atoms with Crippen LogP contribution in [0.4, 0.5) is 17.3 Å². The molecule has 3 N–H and O–H groups in total. The first-order valence-corrected chi connectivity index (χ1v) is 15.4. The molecule has 0 saturated carbocycles. The molecule has 1 amide bonds. The van der Waals surface area contributed by atoms with Crippen molar-refractivity contribution in [3.8, 4) is 0 Å². The summed E-state index contributed by atoms with van der Waals surface area (Å²) in [7, 11) is 1.57. The average Bonchev–Trinajstić information content (AvgIpc) is 3.04. The van der Waals surface area contributed by atoms with Gasteiger partial charge in [-0.3, -0.25) is 9.69 Å². The minimum absolute atomic E-state index is 0.0299. The largest absolute Gasteiger partial charge is 0.478 e. The Balaban J connectivity index is 2.00. The zero-order valence-electron chi connectivity index (χ0n) is 27.6. The number of benzene rings is 2. The highest BCUT2D eigenvalue weighted by Gasteiger charge is 2.32. The number of aromatic nitrogens is 2. The van der Waals surface area contributed by atoms with Crippen LogP contribution in [0.1, 0.15) is 62.0 Å². The van der Waals surface area contributed by atoms with E-state index >= 15 is 0 Å². The highest BCUT2D eigenvalue weighted by atomic mass is 16.7. The topological polar surface area (TPSA) is 129 Å². The number of hydrogen-bond donors (Lipinski definition) is 3. The second-order valence-corrected chi connectivity index (χ2v) is 11.1. The van der Waals surface area contributed by atoms with Crippen LogP contribution in [0.15, 0.2) is 79.9 Å². The normalized spacial score (nSPS) is 12.2. The number of nitrogens with zero attached hydrogens (tertiary/aromatic N) is 4. The second-order valence-electron chi connectivity index (χ2n) is 11.1. The Bertz CT molecular complexity index is 1500. The molecular weight excluding hydrogens is 584 g/mol. The maximum Gasteiger partial charge on any atom is 0.337 e. The van der Waals surface area contributed by atoms with Crippen molar-refractivity contribution in [2.24, 2.45) is 5.92 Å². The van der Waals surface area contributed by atoms with E-state index in [1.54, 1.807) is 25.2 Å². The van der Waals surface area contributed by atoms with Crippen LogP contribution in [0, 0.1) is 12.8 Å². The summed E-state index contributed by atoms with van der Waals surface area (Å²) in [5.74, 6) is 0.617. The maximum atomic E-state index is 13.6. The van der Waals surface area contributed by atoms with Crippen molar-refractivity contribution in [1.29, 1.82) is 0 Å². The molecule has 246 valence electrons. The molecule has 1 heterocycles. The predicted octanol–water partition coefficient (Wildman–Crippen LogP) is 6.26. The minimum atomic E-state index is -1.11. The number of amides is 1. The SMILES string of the molecule is C=C(NCC)Nc1ncnc(N(CCC)C(OC(=C)c2ccccc2)OC(CC(=O)N(C)c2ccccc2C(=O)O)C(C)C)c1C. The molecule has 46 heavy (non-hydrogen) atoms. The van der Waals surface area contributed by atoms with Crippen molar-refractivity contribution < 1.29 is 24.2 Å². The quantitative estimate of drug-likeness (QED) is 0.109. The molecule has 0 spiro atoms. The lowest BCUT2D eigenvalue weighted by atomic mass is 10.0. The molecule has 11 nitrogen and oxygen atoms in total. The van der Waals surface area contributed by atoms with Crippen LogP contribution in [0.3, 0.4) is 0 Å². The molecule has 3 aromatic rings. The molecule has 2 atom stereocenters. The number of hydrogen-bond acceptors (Lipinski definition) is 9. The van der Waals surface area contributed by atoms with Crippen LogP contribution >= 0.6 is 0 Å². The zero-order chi connectivity index (χ0) is 33.8. The van der Waals surface area contributed by atoms with Gasteiger partial charge in [0.2, 0.25) is 5.91 Å². The minimum Gasteiger partial charge on any atom is -0.478 e. The summed E-state index contributed by atoms with van der Waals surface area (Å²) >= 11 is 0. The number of carbonyl (C=O) groups excluding carboxylic acids is 1. The van der Waals surface area contributed by atoms with E-state index in [2.05, 4.69) is 33.8 Å². The van der Waals surface area contributed by atoms with Gasteiger partial charge in [0.25, 0.3) is 6.41 Å². The molecule has 0 aliphatic heterocycles. The van der Waals surface area contributed by atoms with Crippen molar-refractivity contribution in [1.82, 2.24) is 15.3 Å². The molecule has 2 aromatic carbocycles. The number of anilines is 3.